The molecule has 1 amide bonds. The first-order valence-electron chi connectivity index (χ1n) is 11.7. The van der Waals surface area contributed by atoms with E-state index in [0.717, 1.165) is 11.1 Å². The van der Waals surface area contributed by atoms with Crippen molar-refractivity contribution >= 4 is 17.7 Å². The van der Waals surface area contributed by atoms with E-state index in [1.54, 1.807) is 45.9 Å². The molecule has 3 aromatic carbocycles. The van der Waals surface area contributed by atoms with Crippen LogP contribution in [0.15, 0.2) is 77.3 Å². The van der Waals surface area contributed by atoms with Gasteiger partial charge in [0.15, 0.2) is 5.76 Å². The predicted octanol–water partition coefficient (Wildman–Crippen LogP) is 7.13. The van der Waals surface area contributed by atoms with Gasteiger partial charge in [-0.15, -0.1) is 0 Å². The molecule has 1 atom stereocenters. The smallest absolute Gasteiger partial charge is 0.412 e. The molecule has 0 aliphatic rings. The van der Waals surface area contributed by atoms with Crippen LogP contribution >= 0.6 is 0 Å². The van der Waals surface area contributed by atoms with Gasteiger partial charge in [0.2, 0.25) is 0 Å². The Balaban J connectivity index is 1.50. The highest BCUT2D eigenvalue weighted by Gasteiger charge is 2.29. The number of halogens is 1. The molecule has 0 aliphatic carbocycles. The topological polar surface area (TPSA) is 102 Å². The number of nitrogens with zero attached hydrogens (tertiary/aromatic N) is 1. The molecule has 1 aromatic heterocycles. The number of aromatic nitrogens is 1. The molecule has 0 fully saturated rings. The molecule has 4 rings (SSSR count). The molecular weight excluding hydrogens is 475 g/mol. The molecular formula is C29H27FN2O5. The second-order valence-electron chi connectivity index (χ2n) is 9.24. The van der Waals surface area contributed by atoms with Crippen LogP contribution in [0.5, 0.6) is 0 Å². The molecule has 1 heterocycles. The minimum absolute atomic E-state index is 0.273. The van der Waals surface area contributed by atoms with Crippen molar-refractivity contribution in [2.75, 3.05) is 5.32 Å². The molecule has 4 aromatic rings. The summed E-state index contributed by atoms with van der Waals surface area (Å²) in [6.45, 7) is 6.59. The summed E-state index contributed by atoms with van der Waals surface area (Å²) in [6, 6.07) is 21.0. The number of amides is 1. The summed E-state index contributed by atoms with van der Waals surface area (Å²) in [5, 5.41) is 16.2. The third-order valence-electron chi connectivity index (χ3n) is 6.35. The second-order valence-corrected chi connectivity index (χ2v) is 9.24. The van der Waals surface area contributed by atoms with Crippen LogP contribution in [0, 0.1) is 12.7 Å². The molecule has 0 aliphatic heterocycles. The molecule has 2 N–H and O–H groups in total. The summed E-state index contributed by atoms with van der Waals surface area (Å²) in [6.07, 6.45) is -1.55. The molecule has 8 heteroatoms. The molecule has 0 spiro atoms. The van der Waals surface area contributed by atoms with Crippen molar-refractivity contribution in [3.63, 3.8) is 0 Å². The Morgan fingerprint density at radius 1 is 0.973 bits per heavy atom. The molecule has 0 unspecified atom stereocenters. The van der Waals surface area contributed by atoms with Gasteiger partial charge >= 0.3 is 12.1 Å². The number of aliphatic carboxylic acids is 1. The van der Waals surface area contributed by atoms with E-state index in [4.69, 9.17) is 9.26 Å². The van der Waals surface area contributed by atoms with Gasteiger partial charge in [-0.2, -0.15) is 0 Å². The van der Waals surface area contributed by atoms with Crippen molar-refractivity contribution < 1.29 is 28.3 Å². The first-order chi connectivity index (χ1) is 17.6. The highest BCUT2D eigenvalue weighted by Crippen LogP contribution is 2.33. The Hall–Kier alpha value is -4.46. The summed E-state index contributed by atoms with van der Waals surface area (Å²) < 4.78 is 24.7. The monoisotopic (exact) mass is 502 g/mol. The Bertz CT molecular complexity index is 1430. The van der Waals surface area contributed by atoms with Gasteiger partial charge in [0.25, 0.3) is 0 Å². The van der Waals surface area contributed by atoms with E-state index < -0.39 is 29.4 Å². The fraction of sp³-hybridized carbons (Fsp3) is 0.207. The number of hydrogen-bond donors (Lipinski definition) is 2. The van der Waals surface area contributed by atoms with Gasteiger partial charge in [0, 0.05) is 11.1 Å². The molecule has 190 valence electrons. The first-order valence-corrected chi connectivity index (χ1v) is 11.7. The van der Waals surface area contributed by atoms with Crippen LogP contribution in [0.2, 0.25) is 0 Å². The van der Waals surface area contributed by atoms with Crippen molar-refractivity contribution in [1.82, 2.24) is 5.16 Å². The van der Waals surface area contributed by atoms with Gasteiger partial charge in [-0.3, -0.25) is 10.1 Å². The maximum absolute atomic E-state index is 14.0. The number of carbonyl (C=O) groups is 2. The van der Waals surface area contributed by atoms with E-state index in [9.17, 15) is 19.1 Å². The third kappa shape index (κ3) is 5.38. The third-order valence-corrected chi connectivity index (χ3v) is 6.35. The number of carboxylic acid groups (broad SMARTS) is 1. The number of carboxylic acids is 1. The summed E-state index contributed by atoms with van der Waals surface area (Å²) in [7, 11) is 0. The van der Waals surface area contributed by atoms with E-state index in [2.05, 4.69) is 10.5 Å². The summed E-state index contributed by atoms with van der Waals surface area (Å²) in [5.41, 5.74) is 3.36. The Labute approximate surface area is 213 Å². The van der Waals surface area contributed by atoms with Gasteiger partial charge < -0.3 is 14.4 Å². The van der Waals surface area contributed by atoms with E-state index >= 15 is 0 Å². The number of nitrogens with one attached hydrogen (secondary N) is 1. The van der Waals surface area contributed by atoms with Crippen molar-refractivity contribution in [3.05, 3.63) is 95.5 Å². The molecule has 0 radical (unpaired) electrons. The minimum atomic E-state index is -0.981. The summed E-state index contributed by atoms with van der Waals surface area (Å²) in [4.78, 5) is 24.1. The number of carbonyl (C=O) groups excluding carboxylic acids is 1. The average Bonchev–Trinajstić information content (AvgIpc) is 3.24. The Morgan fingerprint density at radius 2 is 1.54 bits per heavy atom. The van der Waals surface area contributed by atoms with Gasteiger partial charge in [0.05, 0.1) is 5.41 Å². The fourth-order valence-corrected chi connectivity index (χ4v) is 3.90. The number of benzene rings is 3. The Morgan fingerprint density at radius 3 is 2.14 bits per heavy atom. The lowest BCUT2D eigenvalue weighted by Crippen LogP contribution is -2.28. The first kappa shape index (κ1) is 25.6. The highest BCUT2D eigenvalue weighted by molar-refractivity contribution is 5.91. The SMILES string of the molecule is Cc1onc(-c2ccc(-c3ccc(C(C)(C)C(=O)O)cc3)cc2)c1NC(=O)O[C@H](C)c1ccccc1F. The van der Waals surface area contributed by atoms with Crippen LogP contribution in [0.3, 0.4) is 0 Å². The Kier molecular flexibility index (Phi) is 7.11. The lowest BCUT2D eigenvalue weighted by Gasteiger charge is -2.19. The molecule has 7 nitrogen and oxygen atoms in total. The zero-order chi connectivity index (χ0) is 26.7. The van der Waals surface area contributed by atoms with E-state index in [0.29, 0.717) is 28.3 Å². The fourth-order valence-electron chi connectivity index (χ4n) is 3.90. The van der Waals surface area contributed by atoms with Crippen LogP contribution < -0.4 is 5.32 Å². The van der Waals surface area contributed by atoms with Crippen LogP contribution in [0.4, 0.5) is 14.9 Å². The lowest BCUT2D eigenvalue weighted by atomic mass is 9.84. The van der Waals surface area contributed by atoms with Crippen molar-refractivity contribution in [2.45, 2.75) is 39.2 Å². The van der Waals surface area contributed by atoms with Gasteiger partial charge in [-0.05, 0) is 50.5 Å². The molecule has 0 saturated heterocycles. The van der Waals surface area contributed by atoms with E-state index in [1.807, 2.05) is 48.5 Å². The number of aryl methyl sites for hydroxylation is 1. The van der Waals surface area contributed by atoms with Crippen molar-refractivity contribution in [1.29, 1.82) is 0 Å². The summed E-state index contributed by atoms with van der Waals surface area (Å²) in [5.74, 6) is -0.946. The minimum Gasteiger partial charge on any atom is -0.481 e. The molecule has 0 saturated carbocycles. The standard InChI is InChI=1S/C29H27FN2O5/c1-17(23-7-5-6-8-24(23)30)36-28(35)31-25-18(2)37-32-26(25)21-11-9-19(10-12-21)20-13-15-22(16-14-20)29(3,4)27(33)34/h5-17H,1-4H3,(H,31,35)(H,33,34)/t17-/m1/s1. The zero-order valence-electron chi connectivity index (χ0n) is 20.9. The highest BCUT2D eigenvalue weighted by atomic mass is 19.1. The number of ether oxygens (including phenoxy) is 1. The van der Waals surface area contributed by atoms with E-state index in [1.165, 1.54) is 6.07 Å². The predicted molar refractivity (Wildman–Crippen MR) is 138 cm³/mol. The van der Waals surface area contributed by atoms with Gasteiger partial charge in [-0.25, -0.2) is 9.18 Å². The maximum atomic E-state index is 14.0. The average molecular weight is 503 g/mol. The quantitative estimate of drug-likeness (QED) is 0.279. The van der Waals surface area contributed by atoms with Crippen molar-refractivity contribution in [3.8, 4) is 22.4 Å². The van der Waals surface area contributed by atoms with Crippen molar-refractivity contribution in [2.24, 2.45) is 0 Å². The number of rotatable bonds is 7. The van der Waals surface area contributed by atoms with Gasteiger partial charge in [0.1, 0.15) is 23.3 Å². The van der Waals surface area contributed by atoms with Crippen LogP contribution in [0.1, 0.15) is 43.8 Å². The normalized spacial score (nSPS) is 12.1. The van der Waals surface area contributed by atoms with E-state index in [-0.39, 0.29) is 5.56 Å². The number of anilines is 1. The molecule has 0 bridgehead atoms. The van der Waals surface area contributed by atoms with Crippen LogP contribution in [-0.4, -0.2) is 22.3 Å². The van der Waals surface area contributed by atoms with Crippen LogP contribution in [-0.2, 0) is 14.9 Å². The molecule has 37 heavy (non-hydrogen) atoms. The lowest BCUT2D eigenvalue weighted by molar-refractivity contribution is -0.142. The number of hydrogen-bond acceptors (Lipinski definition) is 5. The van der Waals surface area contributed by atoms with Gasteiger partial charge in [-0.1, -0.05) is 71.9 Å². The second kappa shape index (κ2) is 10.3. The summed E-state index contributed by atoms with van der Waals surface area (Å²) >= 11 is 0. The largest absolute Gasteiger partial charge is 0.481 e. The zero-order valence-corrected chi connectivity index (χ0v) is 20.9. The maximum Gasteiger partial charge on any atom is 0.412 e. The van der Waals surface area contributed by atoms with Crippen LogP contribution in [0.25, 0.3) is 22.4 Å².